The number of benzene rings is 2. The van der Waals surface area contributed by atoms with E-state index in [1.807, 2.05) is 24.3 Å². The third kappa shape index (κ3) is 4.55. The molecule has 0 heterocycles. The largest absolute Gasteiger partial charge is 0.492 e. The molecule has 0 aliphatic heterocycles. The molecule has 2 aromatic carbocycles. The Hall–Kier alpha value is -1.000. The maximum absolute atomic E-state index is 5.64. The molecule has 2 rings (SSSR count). The van der Waals surface area contributed by atoms with Gasteiger partial charge in [0.2, 0.25) is 0 Å². The highest BCUT2D eigenvalue weighted by molar-refractivity contribution is 9.10. The molecule has 0 saturated heterocycles. The van der Waals surface area contributed by atoms with Crippen LogP contribution in [0.2, 0.25) is 0 Å². The lowest BCUT2D eigenvalue weighted by molar-refractivity contribution is 0.333. The van der Waals surface area contributed by atoms with Gasteiger partial charge in [0.15, 0.2) is 0 Å². The predicted molar refractivity (Wildman–Crippen MR) is 87.0 cm³/mol. The van der Waals surface area contributed by atoms with Gasteiger partial charge in [-0.25, -0.2) is 0 Å². The van der Waals surface area contributed by atoms with E-state index < -0.39 is 0 Å². The lowest BCUT2D eigenvalue weighted by atomic mass is 10.2. The zero-order valence-electron chi connectivity index (χ0n) is 10.6. The molecular formula is C15H15Br2NO. The van der Waals surface area contributed by atoms with Gasteiger partial charge >= 0.3 is 0 Å². The number of ether oxygens (including phenoxy) is 1. The van der Waals surface area contributed by atoms with Crippen molar-refractivity contribution in [3.05, 3.63) is 57.0 Å². The lowest BCUT2D eigenvalue weighted by Crippen LogP contribution is -2.11. The second-order valence-electron chi connectivity index (χ2n) is 4.19. The molecule has 0 aromatic heterocycles. The molecule has 0 saturated carbocycles. The number of halogens is 2. The van der Waals surface area contributed by atoms with Crippen LogP contribution in [0, 0.1) is 6.92 Å². The van der Waals surface area contributed by atoms with E-state index in [9.17, 15) is 0 Å². The lowest BCUT2D eigenvalue weighted by Gasteiger charge is -2.09. The molecule has 0 fully saturated rings. The van der Waals surface area contributed by atoms with Crippen molar-refractivity contribution < 1.29 is 4.74 Å². The summed E-state index contributed by atoms with van der Waals surface area (Å²) in [6.45, 7) is 3.48. The fourth-order valence-electron chi connectivity index (χ4n) is 1.60. The average Bonchev–Trinajstić information content (AvgIpc) is 2.41. The van der Waals surface area contributed by atoms with Crippen molar-refractivity contribution in [2.24, 2.45) is 0 Å². The number of hydrogen-bond donors (Lipinski definition) is 1. The van der Waals surface area contributed by atoms with Crippen LogP contribution in [-0.4, -0.2) is 13.2 Å². The minimum absolute atomic E-state index is 0.632. The summed E-state index contributed by atoms with van der Waals surface area (Å²) in [6.07, 6.45) is 0. The number of nitrogens with one attached hydrogen (secondary N) is 1. The first kappa shape index (κ1) is 14.4. The standard InChI is InChI=1S/C15H15Br2NO/c1-11-2-5-13(10-15(11)17)18-8-9-19-14-6-3-12(16)4-7-14/h2-7,10,18H,8-9H2,1H3. The number of hydrogen-bond acceptors (Lipinski definition) is 2. The normalized spacial score (nSPS) is 10.3. The van der Waals surface area contributed by atoms with Gasteiger partial charge in [0.05, 0.1) is 0 Å². The maximum Gasteiger partial charge on any atom is 0.119 e. The first-order valence-electron chi connectivity index (χ1n) is 6.03. The SMILES string of the molecule is Cc1ccc(NCCOc2ccc(Br)cc2)cc1Br. The van der Waals surface area contributed by atoms with Gasteiger partial charge < -0.3 is 10.1 Å². The number of anilines is 1. The Bertz CT molecular complexity index is 540. The van der Waals surface area contributed by atoms with E-state index in [4.69, 9.17) is 4.74 Å². The summed E-state index contributed by atoms with van der Waals surface area (Å²) >= 11 is 6.92. The van der Waals surface area contributed by atoms with Crippen LogP contribution >= 0.6 is 31.9 Å². The first-order valence-corrected chi connectivity index (χ1v) is 7.62. The zero-order chi connectivity index (χ0) is 13.7. The van der Waals surface area contributed by atoms with Gasteiger partial charge in [-0.1, -0.05) is 37.9 Å². The molecule has 0 unspecified atom stereocenters. The van der Waals surface area contributed by atoms with Crippen LogP contribution in [0.3, 0.4) is 0 Å². The second-order valence-corrected chi connectivity index (χ2v) is 5.96. The quantitative estimate of drug-likeness (QED) is 0.731. The van der Waals surface area contributed by atoms with E-state index >= 15 is 0 Å². The topological polar surface area (TPSA) is 21.3 Å². The molecule has 0 spiro atoms. The Morgan fingerprint density at radius 3 is 2.47 bits per heavy atom. The Morgan fingerprint density at radius 1 is 1.05 bits per heavy atom. The summed E-state index contributed by atoms with van der Waals surface area (Å²) in [5, 5.41) is 3.33. The predicted octanol–water partition coefficient (Wildman–Crippen LogP) is 5.01. The van der Waals surface area contributed by atoms with Crippen molar-refractivity contribution >= 4 is 37.5 Å². The number of aryl methyl sites for hydroxylation is 1. The van der Waals surface area contributed by atoms with Crippen LogP contribution < -0.4 is 10.1 Å². The van der Waals surface area contributed by atoms with Crippen LogP contribution in [0.25, 0.3) is 0 Å². The van der Waals surface area contributed by atoms with Crippen LogP contribution in [-0.2, 0) is 0 Å². The number of rotatable bonds is 5. The van der Waals surface area contributed by atoms with E-state index in [0.29, 0.717) is 6.61 Å². The highest BCUT2D eigenvalue weighted by Crippen LogP contribution is 2.20. The molecule has 1 N–H and O–H groups in total. The third-order valence-electron chi connectivity index (χ3n) is 2.69. The Labute approximate surface area is 130 Å². The smallest absolute Gasteiger partial charge is 0.119 e. The van der Waals surface area contributed by atoms with Crippen LogP contribution in [0.15, 0.2) is 51.4 Å². The monoisotopic (exact) mass is 383 g/mol. The molecule has 4 heteroatoms. The van der Waals surface area contributed by atoms with Gasteiger partial charge in [0.25, 0.3) is 0 Å². The summed E-state index contributed by atoms with van der Waals surface area (Å²) in [4.78, 5) is 0. The summed E-state index contributed by atoms with van der Waals surface area (Å²) in [5.74, 6) is 0.884. The van der Waals surface area contributed by atoms with Crippen LogP contribution in [0.4, 0.5) is 5.69 Å². The molecule has 100 valence electrons. The minimum Gasteiger partial charge on any atom is -0.492 e. The Balaban J connectivity index is 1.77. The van der Waals surface area contributed by atoms with E-state index in [1.54, 1.807) is 0 Å². The summed E-state index contributed by atoms with van der Waals surface area (Å²) in [7, 11) is 0. The van der Waals surface area contributed by atoms with Gasteiger partial charge in [0.1, 0.15) is 12.4 Å². The van der Waals surface area contributed by atoms with E-state index in [1.165, 1.54) is 5.56 Å². The van der Waals surface area contributed by atoms with Crippen molar-refractivity contribution in [3.8, 4) is 5.75 Å². The molecule has 0 radical (unpaired) electrons. The van der Waals surface area contributed by atoms with Crippen LogP contribution in [0.5, 0.6) is 5.75 Å². The van der Waals surface area contributed by atoms with Gasteiger partial charge in [-0.15, -0.1) is 0 Å². The molecule has 0 bridgehead atoms. The first-order chi connectivity index (χ1) is 9.15. The molecule has 0 aliphatic rings. The van der Waals surface area contributed by atoms with Gasteiger partial charge in [0, 0.05) is 21.2 Å². The van der Waals surface area contributed by atoms with Crippen molar-refractivity contribution in [1.82, 2.24) is 0 Å². The Morgan fingerprint density at radius 2 is 1.79 bits per heavy atom. The molecule has 0 atom stereocenters. The minimum atomic E-state index is 0.632. The fourth-order valence-corrected chi connectivity index (χ4v) is 2.24. The third-order valence-corrected chi connectivity index (χ3v) is 4.07. The summed E-state index contributed by atoms with van der Waals surface area (Å²) < 4.78 is 7.82. The fraction of sp³-hybridized carbons (Fsp3) is 0.200. The van der Waals surface area contributed by atoms with E-state index in [-0.39, 0.29) is 0 Å². The van der Waals surface area contributed by atoms with Gasteiger partial charge in [-0.3, -0.25) is 0 Å². The van der Waals surface area contributed by atoms with Gasteiger partial charge in [-0.05, 0) is 48.9 Å². The summed E-state index contributed by atoms with van der Waals surface area (Å²) in [5.41, 5.74) is 2.33. The molecular weight excluding hydrogens is 370 g/mol. The Kier molecular flexibility index (Phi) is 5.28. The zero-order valence-corrected chi connectivity index (χ0v) is 13.8. The molecule has 0 aliphatic carbocycles. The highest BCUT2D eigenvalue weighted by atomic mass is 79.9. The average molecular weight is 385 g/mol. The van der Waals surface area contributed by atoms with Crippen molar-refractivity contribution in [1.29, 1.82) is 0 Å². The highest BCUT2D eigenvalue weighted by Gasteiger charge is 1.97. The van der Waals surface area contributed by atoms with Crippen molar-refractivity contribution in [2.75, 3.05) is 18.5 Å². The summed E-state index contributed by atoms with van der Waals surface area (Å²) in [6, 6.07) is 14.1. The maximum atomic E-state index is 5.64. The molecule has 2 nitrogen and oxygen atoms in total. The van der Waals surface area contributed by atoms with Crippen molar-refractivity contribution in [2.45, 2.75) is 6.92 Å². The van der Waals surface area contributed by atoms with Gasteiger partial charge in [-0.2, -0.15) is 0 Å². The molecule has 0 amide bonds. The molecule has 2 aromatic rings. The van der Waals surface area contributed by atoms with E-state index in [2.05, 4.69) is 62.3 Å². The van der Waals surface area contributed by atoms with Crippen LogP contribution in [0.1, 0.15) is 5.56 Å². The second kappa shape index (κ2) is 6.96. The van der Waals surface area contributed by atoms with Crippen molar-refractivity contribution in [3.63, 3.8) is 0 Å². The molecule has 19 heavy (non-hydrogen) atoms. The van der Waals surface area contributed by atoms with E-state index in [0.717, 1.165) is 26.9 Å².